The van der Waals surface area contributed by atoms with Gasteiger partial charge in [0.1, 0.15) is 6.10 Å². The minimum absolute atomic E-state index is 0.155. The Morgan fingerprint density at radius 1 is 1.53 bits per heavy atom. The van der Waals surface area contributed by atoms with Crippen LogP contribution in [0, 0.1) is 0 Å². The number of nitrogens with zero attached hydrogens (tertiary/aromatic N) is 1. The summed E-state index contributed by atoms with van der Waals surface area (Å²) >= 11 is 0. The van der Waals surface area contributed by atoms with E-state index in [9.17, 15) is 4.79 Å². The average Bonchev–Trinajstić information content (AvgIpc) is 2.66. The van der Waals surface area contributed by atoms with Crippen molar-refractivity contribution in [2.75, 3.05) is 26.2 Å². The lowest BCUT2D eigenvalue weighted by atomic mass is 10.1. The summed E-state index contributed by atoms with van der Waals surface area (Å²) in [5.41, 5.74) is 0. The number of ether oxygens (including phenoxy) is 1. The van der Waals surface area contributed by atoms with Gasteiger partial charge in [-0.05, 0) is 19.3 Å². The summed E-state index contributed by atoms with van der Waals surface area (Å²) in [6.07, 6.45) is 2.80. The molecular weight excluding hydrogens is 192 g/mol. The second kappa shape index (κ2) is 4.94. The molecule has 0 saturated carbocycles. The lowest BCUT2D eigenvalue weighted by molar-refractivity contribution is -0.144. The Balaban J connectivity index is 1.92. The molecule has 1 atom stereocenters. The number of hydrogen-bond donors (Lipinski definition) is 1. The highest BCUT2D eigenvalue weighted by Gasteiger charge is 2.34. The van der Waals surface area contributed by atoms with Crippen molar-refractivity contribution in [1.29, 1.82) is 0 Å². The largest absolute Gasteiger partial charge is 0.368 e. The monoisotopic (exact) mass is 212 g/mol. The number of carbonyl (C=O) groups is 1. The summed E-state index contributed by atoms with van der Waals surface area (Å²) in [5, 5.41) is 3.21. The third kappa shape index (κ3) is 2.32. The second-order valence-electron chi connectivity index (χ2n) is 4.35. The lowest BCUT2D eigenvalue weighted by Gasteiger charge is -2.39. The summed E-state index contributed by atoms with van der Waals surface area (Å²) in [6, 6.07) is 0.404. The molecule has 1 unspecified atom stereocenters. The Kier molecular flexibility index (Phi) is 3.59. The van der Waals surface area contributed by atoms with Crippen molar-refractivity contribution in [3.63, 3.8) is 0 Å². The minimum atomic E-state index is -0.155. The molecule has 2 aliphatic heterocycles. The first-order valence-corrected chi connectivity index (χ1v) is 5.95. The third-order valence-corrected chi connectivity index (χ3v) is 3.15. The summed E-state index contributed by atoms with van der Waals surface area (Å²) < 4.78 is 5.45. The number of nitrogens with one attached hydrogen (secondary N) is 1. The van der Waals surface area contributed by atoms with Gasteiger partial charge in [-0.3, -0.25) is 4.79 Å². The maximum Gasteiger partial charge on any atom is 0.252 e. The van der Waals surface area contributed by atoms with Gasteiger partial charge < -0.3 is 15.0 Å². The number of hydrogen-bond acceptors (Lipinski definition) is 3. The first-order valence-electron chi connectivity index (χ1n) is 5.95. The fourth-order valence-corrected chi connectivity index (χ4v) is 2.16. The zero-order valence-corrected chi connectivity index (χ0v) is 9.37. The maximum absolute atomic E-state index is 12.1. The molecule has 0 aromatic heterocycles. The molecule has 1 N–H and O–H groups in total. The van der Waals surface area contributed by atoms with Crippen molar-refractivity contribution in [3.05, 3.63) is 0 Å². The molecular formula is C11H20N2O2. The van der Waals surface area contributed by atoms with E-state index in [2.05, 4.69) is 12.2 Å². The van der Waals surface area contributed by atoms with Gasteiger partial charge in [0.25, 0.3) is 5.91 Å². The summed E-state index contributed by atoms with van der Waals surface area (Å²) in [7, 11) is 0. The fourth-order valence-electron chi connectivity index (χ4n) is 2.16. The topological polar surface area (TPSA) is 41.6 Å². The molecule has 2 aliphatic rings. The summed E-state index contributed by atoms with van der Waals surface area (Å²) in [4.78, 5) is 14.1. The minimum Gasteiger partial charge on any atom is -0.368 e. The van der Waals surface area contributed by atoms with Gasteiger partial charge in [-0.1, -0.05) is 6.92 Å². The molecule has 0 bridgehead atoms. The van der Waals surface area contributed by atoms with E-state index in [-0.39, 0.29) is 12.0 Å². The summed E-state index contributed by atoms with van der Waals surface area (Å²) in [5.74, 6) is 0.209. The van der Waals surface area contributed by atoms with Crippen molar-refractivity contribution in [3.8, 4) is 0 Å². The van der Waals surface area contributed by atoms with Crippen LogP contribution >= 0.6 is 0 Å². The van der Waals surface area contributed by atoms with E-state index in [0.29, 0.717) is 6.04 Å². The Labute approximate surface area is 91.0 Å². The molecule has 0 spiro atoms. The Morgan fingerprint density at radius 2 is 2.33 bits per heavy atom. The zero-order valence-electron chi connectivity index (χ0n) is 9.37. The molecule has 2 rings (SSSR count). The van der Waals surface area contributed by atoms with Crippen molar-refractivity contribution in [1.82, 2.24) is 10.2 Å². The molecule has 0 radical (unpaired) electrons. The van der Waals surface area contributed by atoms with Gasteiger partial charge in [-0.25, -0.2) is 0 Å². The van der Waals surface area contributed by atoms with Crippen LogP contribution in [-0.4, -0.2) is 49.2 Å². The van der Waals surface area contributed by atoms with Crippen LogP contribution in [0.5, 0.6) is 0 Å². The first-order chi connectivity index (χ1) is 7.33. The van der Waals surface area contributed by atoms with Gasteiger partial charge in [0.2, 0.25) is 0 Å². The van der Waals surface area contributed by atoms with Gasteiger partial charge in [0.15, 0.2) is 0 Å². The Bertz CT molecular complexity index is 223. The van der Waals surface area contributed by atoms with Crippen LogP contribution in [0.1, 0.15) is 26.2 Å². The zero-order chi connectivity index (χ0) is 10.7. The predicted molar refractivity (Wildman–Crippen MR) is 57.6 cm³/mol. The van der Waals surface area contributed by atoms with Crippen molar-refractivity contribution in [2.24, 2.45) is 0 Å². The number of amides is 1. The summed E-state index contributed by atoms with van der Waals surface area (Å²) in [6.45, 7) is 5.61. The predicted octanol–water partition coefficient (Wildman–Crippen LogP) is 0.376. The van der Waals surface area contributed by atoms with Gasteiger partial charge in [-0.2, -0.15) is 0 Å². The van der Waals surface area contributed by atoms with Gasteiger partial charge in [-0.15, -0.1) is 0 Å². The third-order valence-electron chi connectivity index (χ3n) is 3.15. The van der Waals surface area contributed by atoms with Crippen LogP contribution in [0.2, 0.25) is 0 Å². The lowest BCUT2D eigenvalue weighted by Crippen LogP contribution is -2.60. The van der Waals surface area contributed by atoms with E-state index >= 15 is 0 Å². The molecule has 4 heteroatoms. The highest BCUT2D eigenvalue weighted by molar-refractivity contribution is 5.81. The van der Waals surface area contributed by atoms with Gasteiger partial charge in [0, 0.05) is 26.2 Å². The molecule has 86 valence electrons. The fraction of sp³-hybridized carbons (Fsp3) is 0.909. The highest BCUT2D eigenvalue weighted by Crippen LogP contribution is 2.17. The standard InChI is InChI=1S/C11H20N2O2/c1-2-5-13(9-7-12-8-9)11(14)10-4-3-6-15-10/h9-10,12H,2-8H2,1H3. The van der Waals surface area contributed by atoms with Crippen LogP contribution < -0.4 is 5.32 Å². The molecule has 15 heavy (non-hydrogen) atoms. The van der Waals surface area contributed by atoms with Crippen molar-refractivity contribution < 1.29 is 9.53 Å². The van der Waals surface area contributed by atoms with Crippen molar-refractivity contribution in [2.45, 2.75) is 38.3 Å². The van der Waals surface area contributed by atoms with E-state index in [1.165, 1.54) is 0 Å². The Hall–Kier alpha value is -0.610. The normalized spacial score (nSPS) is 26.3. The first kappa shape index (κ1) is 10.9. The molecule has 2 heterocycles. The van der Waals surface area contributed by atoms with E-state index in [0.717, 1.165) is 45.5 Å². The van der Waals surface area contributed by atoms with E-state index < -0.39 is 0 Å². The van der Waals surface area contributed by atoms with Gasteiger partial charge >= 0.3 is 0 Å². The van der Waals surface area contributed by atoms with Gasteiger partial charge in [0.05, 0.1) is 6.04 Å². The SMILES string of the molecule is CCCN(C(=O)C1CCCO1)C1CNC1. The maximum atomic E-state index is 12.1. The van der Waals surface area contributed by atoms with Crippen LogP contribution in [0.15, 0.2) is 0 Å². The molecule has 0 aromatic carbocycles. The molecule has 2 fully saturated rings. The van der Waals surface area contributed by atoms with Crippen LogP contribution in [0.4, 0.5) is 0 Å². The average molecular weight is 212 g/mol. The molecule has 2 saturated heterocycles. The van der Waals surface area contributed by atoms with Crippen LogP contribution in [-0.2, 0) is 9.53 Å². The van der Waals surface area contributed by atoms with E-state index in [4.69, 9.17) is 4.74 Å². The van der Waals surface area contributed by atoms with E-state index in [1.54, 1.807) is 0 Å². The van der Waals surface area contributed by atoms with E-state index in [1.807, 2.05) is 4.90 Å². The van der Waals surface area contributed by atoms with Crippen molar-refractivity contribution >= 4 is 5.91 Å². The Morgan fingerprint density at radius 3 is 2.80 bits per heavy atom. The highest BCUT2D eigenvalue weighted by atomic mass is 16.5. The molecule has 1 amide bonds. The molecule has 4 nitrogen and oxygen atoms in total. The number of rotatable bonds is 4. The quantitative estimate of drug-likeness (QED) is 0.732. The van der Waals surface area contributed by atoms with Crippen LogP contribution in [0.3, 0.4) is 0 Å². The molecule has 0 aliphatic carbocycles. The number of carbonyl (C=O) groups excluding carboxylic acids is 1. The smallest absolute Gasteiger partial charge is 0.252 e. The molecule has 0 aromatic rings. The second-order valence-corrected chi connectivity index (χ2v) is 4.35. The van der Waals surface area contributed by atoms with Crippen LogP contribution in [0.25, 0.3) is 0 Å².